The van der Waals surface area contributed by atoms with Gasteiger partial charge in [0, 0.05) is 36.5 Å². The maximum absolute atomic E-state index is 14.0. The third-order valence-electron chi connectivity index (χ3n) is 9.05. The molecule has 10 rings (SSSR count). The van der Waals surface area contributed by atoms with Crippen molar-refractivity contribution in [2.24, 2.45) is 0 Å². The Morgan fingerprint density at radius 1 is 0.977 bits per heavy atom. The minimum absolute atomic E-state index is 0.00702. The van der Waals surface area contributed by atoms with Crippen LogP contribution in [-0.4, -0.2) is 50.0 Å². The van der Waals surface area contributed by atoms with Gasteiger partial charge in [0.25, 0.3) is 5.91 Å². The van der Waals surface area contributed by atoms with Crippen molar-refractivity contribution >= 4 is 33.7 Å². The molecule has 6 heterocycles. The number of carbonyl (C=O) groups excluding carboxylic acids is 1. The molecule has 0 saturated carbocycles. The molecule has 5 aromatic rings. The highest BCUT2D eigenvalue weighted by atomic mass is 16.5. The van der Waals surface area contributed by atoms with Crippen LogP contribution >= 0.6 is 0 Å². The van der Waals surface area contributed by atoms with E-state index in [0.29, 0.717) is 25.3 Å². The molecule has 0 saturated heterocycles. The predicted molar refractivity (Wildman–Crippen MR) is 165 cm³/mol. The van der Waals surface area contributed by atoms with Crippen molar-refractivity contribution in [3.63, 3.8) is 0 Å². The number of amides is 1. The Balaban J connectivity index is 1.33. The highest BCUT2D eigenvalue weighted by Crippen LogP contribution is 2.36. The van der Waals surface area contributed by atoms with Gasteiger partial charge in [-0.2, -0.15) is 0 Å². The van der Waals surface area contributed by atoms with Crippen LogP contribution in [0.4, 0.5) is 0 Å². The molecule has 0 spiro atoms. The van der Waals surface area contributed by atoms with E-state index in [1.807, 2.05) is 65.0 Å². The average molecular weight is 575 g/mol. The van der Waals surface area contributed by atoms with Crippen molar-refractivity contribution in [1.29, 1.82) is 0 Å². The zero-order valence-electron chi connectivity index (χ0n) is 24.3. The van der Waals surface area contributed by atoms with Gasteiger partial charge in [-0.15, -0.1) is 5.10 Å². The Bertz CT molecular complexity index is 1880. The van der Waals surface area contributed by atoms with Crippen LogP contribution in [0, 0.1) is 6.92 Å². The van der Waals surface area contributed by atoms with E-state index in [2.05, 4.69) is 28.5 Å². The van der Waals surface area contributed by atoms with Gasteiger partial charge in [-0.25, -0.2) is 4.68 Å². The first-order chi connectivity index (χ1) is 21.0. The number of aromatic nitrogens is 3. The molecule has 9 bridgehead atoms. The zero-order valence-corrected chi connectivity index (χ0v) is 24.3. The fourth-order valence-corrected chi connectivity index (χ4v) is 6.75. The van der Waals surface area contributed by atoms with E-state index >= 15 is 0 Å². The molecule has 1 atom stereocenters. The van der Waals surface area contributed by atoms with E-state index in [1.54, 1.807) is 0 Å². The summed E-state index contributed by atoms with van der Waals surface area (Å²) in [5, 5.41) is 20.7. The standard InChI is InChI=1S/C35H34N4O4/c1-22-26-11-13-31-34(22)36-37-39(31)16-5-2-6-18-43-32-14-12-29(27-7-3-4-8-28(27)32)35(42)38-17-15-23-9-10-24(19-25(23)21-38)30(26)20-33(40)41/h3-4,7-14,19,30H,2,5-6,15-18,20-21H2,1H3,(H,40,41). The van der Waals surface area contributed by atoms with Crippen LogP contribution in [-0.2, 0) is 24.3 Å². The Labute approximate surface area is 249 Å². The van der Waals surface area contributed by atoms with Crippen molar-refractivity contribution in [2.75, 3.05) is 13.2 Å². The lowest BCUT2D eigenvalue weighted by molar-refractivity contribution is -0.137. The third kappa shape index (κ3) is 5.01. The number of aryl methyl sites for hydroxylation is 2. The van der Waals surface area contributed by atoms with Gasteiger partial charge in [0.15, 0.2) is 0 Å². The largest absolute Gasteiger partial charge is 0.493 e. The summed E-state index contributed by atoms with van der Waals surface area (Å²) in [6, 6.07) is 22.1. The average Bonchev–Trinajstić information content (AvgIpc) is 3.44. The van der Waals surface area contributed by atoms with Crippen molar-refractivity contribution in [2.45, 2.75) is 58.0 Å². The van der Waals surface area contributed by atoms with Crippen LogP contribution in [0.5, 0.6) is 5.75 Å². The molecule has 0 aliphatic carbocycles. The molecule has 5 aliphatic rings. The number of ether oxygens (including phenoxy) is 1. The van der Waals surface area contributed by atoms with Crippen LogP contribution in [0.15, 0.2) is 66.7 Å². The molecule has 1 amide bonds. The van der Waals surface area contributed by atoms with Crippen LogP contribution in [0.1, 0.15) is 69.8 Å². The lowest BCUT2D eigenvalue weighted by Crippen LogP contribution is -2.36. The molecule has 218 valence electrons. The summed E-state index contributed by atoms with van der Waals surface area (Å²) in [6.07, 6.45) is 3.51. The summed E-state index contributed by atoms with van der Waals surface area (Å²) in [4.78, 5) is 28.0. The molecule has 4 aromatic carbocycles. The molecule has 1 unspecified atom stereocenters. The number of nitrogens with zero attached hydrogens (tertiary/aromatic N) is 4. The Morgan fingerprint density at radius 2 is 1.84 bits per heavy atom. The molecule has 0 radical (unpaired) electrons. The fraction of sp³-hybridized carbons (Fsp3) is 0.314. The first-order valence-corrected chi connectivity index (χ1v) is 15.1. The highest BCUT2D eigenvalue weighted by molar-refractivity contribution is 6.08. The van der Waals surface area contributed by atoms with Crippen molar-refractivity contribution in [1.82, 2.24) is 19.9 Å². The summed E-state index contributed by atoms with van der Waals surface area (Å²) >= 11 is 0. The summed E-state index contributed by atoms with van der Waals surface area (Å²) < 4.78 is 8.17. The first kappa shape index (κ1) is 27.1. The van der Waals surface area contributed by atoms with E-state index in [0.717, 1.165) is 82.0 Å². The monoisotopic (exact) mass is 574 g/mol. The number of hydrogen-bond acceptors (Lipinski definition) is 5. The van der Waals surface area contributed by atoms with Crippen molar-refractivity contribution < 1.29 is 19.4 Å². The maximum atomic E-state index is 14.0. The summed E-state index contributed by atoms with van der Waals surface area (Å²) in [7, 11) is 0. The van der Waals surface area contributed by atoms with Gasteiger partial charge in [0.05, 0.1) is 18.5 Å². The molecule has 8 heteroatoms. The second kappa shape index (κ2) is 11.2. The minimum Gasteiger partial charge on any atom is -0.493 e. The third-order valence-corrected chi connectivity index (χ3v) is 9.05. The molecule has 1 N–H and O–H groups in total. The van der Waals surface area contributed by atoms with Crippen molar-refractivity contribution in [3.05, 3.63) is 100 Å². The topological polar surface area (TPSA) is 97.5 Å². The number of benzene rings is 4. The van der Waals surface area contributed by atoms with E-state index < -0.39 is 5.97 Å². The quantitative estimate of drug-likeness (QED) is 0.267. The molecular weight excluding hydrogens is 540 g/mol. The predicted octanol–water partition coefficient (Wildman–Crippen LogP) is 6.26. The lowest BCUT2D eigenvalue weighted by Gasteiger charge is -2.30. The Morgan fingerprint density at radius 3 is 2.70 bits per heavy atom. The molecule has 0 fully saturated rings. The normalized spacial score (nSPS) is 17.4. The maximum Gasteiger partial charge on any atom is 0.304 e. The Hall–Kier alpha value is -4.72. The molecule has 1 aromatic heterocycles. The van der Waals surface area contributed by atoms with Crippen LogP contribution in [0.25, 0.3) is 21.8 Å². The lowest BCUT2D eigenvalue weighted by atomic mass is 9.83. The molecule has 5 aliphatic heterocycles. The molecule has 8 nitrogen and oxygen atoms in total. The summed E-state index contributed by atoms with van der Waals surface area (Å²) in [5.41, 5.74) is 7.51. The number of carboxylic acid groups (broad SMARTS) is 1. The fourth-order valence-electron chi connectivity index (χ4n) is 6.75. The number of rotatable bonds is 2. The number of hydrogen-bond donors (Lipinski definition) is 1. The first-order valence-electron chi connectivity index (χ1n) is 15.1. The van der Waals surface area contributed by atoms with E-state index in [1.165, 1.54) is 5.56 Å². The second-order valence-corrected chi connectivity index (χ2v) is 11.7. The van der Waals surface area contributed by atoms with Gasteiger partial charge in [0.2, 0.25) is 0 Å². The summed E-state index contributed by atoms with van der Waals surface area (Å²) in [6.45, 7) is 4.45. The number of carboxylic acids is 1. The van der Waals surface area contributed by atoms with Gasteiger partial charge in [0.1, 0.15) is 11.3 Å². The van der Waals surface area contributed by atoms with Gasteiger partial charge >= 0.3 is 5.97 Å². The minimum atomic E-state index is -0.858. The van der Waals surface area contributed by atoms with Crippen LogP contribution in [0.3, 0.4) is 0 Å². The Kier molecular flexibility index (Phi) is 7.05. The van der Waals surface area contributed by atoms with Gasteiger partial charge in [-0.1, -0.05) is 53.7 Å². The van der Waals surface area contributed by atoms with Crippen molar-refractivity contribution in [3.8, 4) is 5.75 Å². The molecular formula is C35H34N4O4. The van der Waals surface area contributed by atoms with Gasteiger partial charge in [-0.05, 0) is 84.0 Å². The smallest absolute Gasteiger partial charge is 0.304 e. The number of carbonyl (C=O) groups is 2. The van der Waals surface area contributed by atoms with E-state index in [9.17, 15) is 14.7 Å². The SMILES string of the molecule is Cc1c2ccc3c1nnn3CCCCCOc1ccc(c3ccccc13)C(=O)N1CCc3ccc(cc3C1)C2CC(=O)O. The second-order valence-electron chi connectivity index (χ2n) is 11.7. The van der Waals surface area contributed by atoms with E-state index in [-0.39, 0.29) is 18.2 Å². The van der Waals surface area contributed by atoms with Crippen LogP contribution in [0.2, 0.25) is 0 Å². The van der Waals surface area contributed by atoms with Gasteiger partial charge in [-0.3, -0.25) is 9.59 Å². The van der Waals surface area contributed by atoms with Gasteiger partial charge < -0.3 is 14.7 Å². The number of aliphatic carboxylic acids is 1. The highest BCUT2D eigenvalue weighted by Gasteiger charge is 2.27. The zero-order chi connectivity index (χ0) is 29.5. The molecule has 43 heavy (non-hydrogen) atoms. The van der Waals surface area contributed by atoms with E-state index in [4.69, 9.17) is 4.74 Å². The van der Waals surface area contributed by atoms with Crippen LogP contribution < -0.4 is 4.74 Å². The summed E-state index contributed by atoms with van der Waals surface area (Å²) in [5.74, 6) is -0.422.